The van der Waals surface area contributed by atoms with Crippen molar-refractivity contribution in [3.63, 3.8) is 0 Å². The van der Waals surface area contributed by atoms with Crippen LogP contribution in [0.1, 0.15) is 31.0 Å². The summed E-state index contributed by atoms with van der Waals surface area (Å²) < 4.78 is 2.20. The Morgan fingerprint density at radius 1 is 1.47 bits per heavy atom. The van der Waals surface area contributed by atoms with Crippen LogP contribution in [0, 0.1) is 0 Å². The van der Waals surface area contributed by atoms with Gasteiger partial charge in [-0.05, 0) is 51.4 Å². The third-order valence-corrected chi connectivity index (χ3v) is 3.04. The van der Waals surface area contributed by atoms with Gasteiger partial charge in [-0.2, -0.15) is 5.10 Å². The largest absolute Gasteiger partial charge is 0.330 e. The first-order valence-electron chi connectivity index (χ1n) is 5.85. The van der Waals surface area contributed by atoms with E-state index in [0.717, 1.165) is 32.5 Å². The lowest BCUT2D eigenvalue weighted by atomic mass is 10.1. The van der Waals surface area contributed by atoms with Crippen LogP contribution >= 0.6 is 0 Å². The van der Waals surface area contributed by atoms with Crippen molar-refractivity contribution in [2.75, 3.05) is 19.6 Å². The maximum absolute atomic E-state index is 5.53. The molecule has 2 heterocycles. The van der Waals surface area contributed by atoms with Crippen LogP contribution in [0.25, 0.3) is 0 Å². The number of nitrogens with two attached hydrogens (primary N) is 1. The molecule has 1 saturated heterocycles. The Morgan fingerprint density at radius 2 is 2.27 bits per heavy atom. The van der Waals surface area contributed by atoms with Crippen LogP contribution in [0.4, 0.5) is 0 Å². The predicted molar refractivity (Wildman–Crippen MR) is 60.7 cm³/mol. The van der Waals surface area contributed by atoms with E-state index in [1.807, 2.05) is 6.20 Å². The first-order chi connectivity index (χ1) is 7.42. The molecule has 15 heavy (non-hydrogen) atoms. The SMILES string of the molecule is NCCCc1ccnn1C1CCNCC1. The Kier molecular flexibility index (Phi) is 3.75. The molecule has 4 heteroatoms. The van der Waals surface area contributed by atoms with Crippen LogP contribution < -0.4 is 11.1 Å². The van der Waals surface area contributed by atoms with Gasteiger partial charge in [0.1, 0.15) is 0 Å². The number of aryl methyl sites for hydroxylation is 1. The van der Waals surface area contributed by atoms with Gasteiger partial charge in [0, 0.05) is 11.9 Å². The zero-order valence-corrected chi connectivity index (χ0v) is 9.15. The van der Waals surface area contributed by atoms with Crippen molar-refractivity contribution in [3.05, 3.63) is 18.0 Å². The zero-order valence-electron chi connectivity index (χ0n) is 9.15. The van der Waals surface area contributed by atoms with Gasteiger partial charge >= 0.3 is 0 Å². The molecule has 1 aromatic heterocycles. The summed E-state index contributed by atoms with van der Waals surface area (Å²) in [5.74, 6) is 0. The van der Waals surface area contributed by atoms with Gasteiger partial charge in [0.05, 0.1) is 6.04 Å². The van der Waals surface area contributed by atoms with Crippen molar-refractivity contribution in [2.45, 2.75) is 31.7 Å². The van der Waals surface area contributed by atoms with E-state index in [-0.39, 0.29) is 0 Å². The van der Waals surface area contributed by atoms with E-state index in [1.165, 1.54) is 18.5 Å². The van der Waals surface area contributed by atoms with Gasteiger partial charge in [0.25, 0.3) is 0 Å². The molecule has 1 aromatic rings. The molecule has 2 rings (SSSR count). The second-order valence-electron chi connectivity index (χ2n) is 4.14. The molecule has 1 fully saturated rings. The minimum atomic E-state index is 0.592. The first kappa shape index (κ1) is 10.6. The van der Waals surface area contributed by atoms with Crippen LogP contribution in [0.5, 0.6) is 0 Å². The summed E-state index contributed by atoms with van der Waals surface area (Å²) >= 11 is 0. The Bertz CT molecular complexity index is 289. The summed E-state index contributed by atoms with van der Waals surface area (Å²) in [5, 5.41) is 7.82. The summed E-state index contributed by atoms with van der Waals surface area (Å²) in [7, 11) is 0. The molecule has 0 amide bonds. The minimum absolute atomic E-state index is 0.592. The van der Waals surface area contributed by atoms with E-state index in [4.69, 9.17) is 5.73 Å². The van der Waals surface area contributed by atoms with Crippen molar-refractivity contribution in [1.82, 2.24) is 15.1 Å². The summed E-state index contributed by atoms with van der Waals surface area (Å²) in [6.45, 7) is 2.99. The summed E-state index contributed by atoms with van der Waals surface area (Å²) in [5.41, 5.74) is 6.87. The highest BCUT2D eigenvalue weighted by Crippen LogP contribution is 2.20. The van der Waals surface area contributed by atoms with Crippen molar-refractivity contribution in [1.29, 1.82) is 0 Å². The normalized spacial score (nSPS) is 18.2. The van der Waals surface area contributed by atoms with Crippen LogP contribution in [0.3, 0.4) is 0 Å². The highest BCUT2D eigenvalue weighted by Gasteiger charge is 2.17. The maximum atomic E-state index is 5.53. The van der Waals surface area contributed by atoms with Crippen molar-refractivity contribution in [3.8, 4) is 0 Å². The molecule has 0 aromatic carbocycles. The van der Waals surface area contributed by atoms with E-state index < -0.39 is 0 Å². The number of hydrogen-bond donors (Lipinski definition) is 2. The quantitative estimate of drug-likeness (QED) is 0.766. The van der Waals surface area contributed by atoms with E-state index >= 15 is 0 Å². The smallest absolute Gasteiger partial charge is 0.0546 e. The standard InChI is InChI=1S/C11H20N4/c12-6-1-2-10-5-9-14-15(10)11-3-7-13-8-4-11/h5,9,11,13H,1-4,6-8,12H2. The third-order valence-electron chi connectivity index (χ3n) is 3.04. The fourth-order valence-corrected chi connectivity index (χ4v) is 2.20. The summed E-state index contributed by atoms with van der Waals surface area (Å²) in [6, 6.07) is 2.71. The summed E-state index contributed by atoms with van der Waals surface area (Å²) in [4.78, 5) is 0. The first-order valence-corrected chi connectivity index (χ1v) is 5.85. The molecule has 0 unspecified atom stereocenters. The minimum Gasteiger partial charge on any atom is -0.330 e. The number of rotatable bonds is 4. The van der Waals surface area contributed by atoms with Gasteiger partial charge in [-0.15, -0.1) is 0 Å². The zero-order chi connectivity index (χ0) is 10.5. The third kappa shape index (κ3) is 2.58. The van der Waals surface area contributed by atoms with Crippen LogP contribution in [0.15, 0.2) is 12.3 Å². The Labute approximate surface area is 90.8 Å². The average Bonchev–Trinajstić information content (AvgIpc) is 2.75. The Balaban J connectivity index is 2.02. The molecular weight excluding hydrogens is 188 g/mol. The van der Waals surface area contributed by atoms with Crippen LogP contribution in [-0.4, -0.2) is 29.4 Å². The fourth-order valence-electron chi connectivity index (χ4n) is 2.20. The number of nitrogens with zero attached hydrogens (tertiary/aromatic N) is 2. The maximum Gasteiger partial charge on any atom is 0.0546 e. The number of nitrogens with one attached hydrogen (secondary N) is 1. The van der Waals surface area contributed by atoms with Gasteiger partial charge < -0.3 is 11.1 Å². The van der Waals surface area contributed by atoms with E-state index in [9.17, 15) is 0 Å². The molecule has 0 saturated carbocycles. The van der Waals surface area contributed by atoms with E-state index in [1.54, 1.807) is 0 Å². The van der Waals surface area contributed by atoms with Crippen molar-refractivity contribution < 1.29 is 0 Å². The lowest BCUT2D eigenvalue weighted by molar-refractivity contribution is 0.335. The van der Waals surface area contributed by atoms with Gasteiger partial charge in [-0.1, -0.05) is 0 Å². The predicted octanol–water partition coefficient (Wildman–Crippen LogP) is 0.699. The highest BCUT2D eigenvalue weighted by molar-refractivity contribution is 5.02. The topological polar surface area (TPSA) is 55.9 Å². The number of piperidine rings is 1. The van der Waals surface area contributed by atoms with Gasteiger partial charge in [-0.3, -0.25) is 4.68 Å². The van der Waals surface area contributed by atoms with Crippen LogP contribution in [0.2, 0.25) is 0 Å². The molecule has 0 atom stereocenters. The summed E-state index contributed by atoms with van der Waals surface area (Å²) in [6.07, 6.45) is 6.40. The fraction of sp³-hybridized carbons (Fsp3) is 0.727. The molecular formula is C11H20N4. The van der Waals surface area contributed by atoms with Gasteiger partial charge in [0.15, 0.2) is 0 Å². The molecule has 4 nitrogen and oxygen atoms in total. The second kappa shape index (κ2) is 5.28. The molecule has 84 valence electrons. The molecule has 0 aliphatic carbocycles. The molecule has 1 aliphatic rings. The van der Waals surface area contributed by atoms with Crippen molar-refractivity contribution >= 4 is 0 Å². The number of aromatic nitrogens is 2. The van der Waals surface area contributed by atoms with Crippen LogP contribution in [-0.2, 0) is 6.42 Å². The molecule has 0 spiro atoms. The molecule has 3 N–H and O–H groups in total. The van der Waals surface area contributed by atoms with E-state index in [0.29, 0.717) is 6.04 Å². The van der Waals surface area contributed by atoms with Gasteiger partial charge in [0.2, 0.25) is 0 Å². The van der Waals surface area contributed by atoms with E-state index in [2.05, 4.69) is 21.2 Å². The monoisotopic (exact) mass is 208 g/mol. The number of hydrogen-bond acceptors (Lipinski definition) is 3. The molecule has 0 radical (unpaired) electrons. The molecule has 0 bridgehead atoms. The second-order valence-corrected chi connectivity index (χ2v) is 4.14. The Hall–Kier alpha value is -0.870. The lowest BCUT2D eigenvalue weighted by Gasteiger charge is -2.24. The average molecular weight is 208 g/mol. The molecule has 1 aliphatic heterocycles. The lowest BCUT2D eigenvalue weighted by Crippen LogP contribution is -2.30. The highest BCUT2D eigenvalue weighted by atomic mass is 15.3. The Morgan fingerprint density at radius 3 is 3.00 bits per heavy atom. The van der Waals surface area contributed by atoms with Crippen molar-refractivity contribution in [2.24, 2.45) is 5.73 Å². The van der Waals surface area contributed by atoms with Gasteiger partial charge in [-0.25, -0.2) is 0 Å².